The van der Waals surface area contributed by atoms with Crippen LogP contribution in [-0.4, -0.2) is 37.0 Å². The normalized spacial score (nSPS) is 16.6. The molecule has 18 heavy (non-hydrogen) atoms. The first-order valence-electron chi connectivity index (χ1n) is 6.04. The molecule has 0 radical (unpaired) electrons. The van der Waals surface area contributed by atoms with Crippen molar-refractivity contribution in [3.8, 4) is 11.8 Å². The van der Waals surface area contributed by atoms with Crippen molar-refractivity contribution >= 4 is 17.2 Å². The molecule has 2 rings (SSSR count). The molecule has 0 saturated carbocycles. The zero-order valence-corrected chi connectivity index (χ0v) is 11.1. The van der Waals surface area contributed by atoms with Crippen LogP contribution in [0.2, 0.25) is 0 Å². The van der Waals surface area contributed by atoms with Crippen LogP contribution in [0.1, 0.15) is 16.9 Å². The van der Waals surface area contributed by atoms with Gasteiger partial charge in [0.1, 0.15) is 0 Å². The van der Waals surface area contributed by atoms with Gasteiger partial charge < -0.3 is 11.1 Å². The molecule has 2 heterocycles. The van der Waals surface area contributed by atoms with Crippen LogP contribution in [0.4, 0.5) is 0 Å². The Balaban J connectivity index is 2.04. The lowest BCUT2D eigenvalue weighted by molar-refractivity contribution is -0.121. The van der Waals surface area contributed by atoms with Gasteiger partial charge in [-0.1, -0.05) is 11.8 Å². The maximum absolute atomic E-state index is 11.5. The van der Waals surface area contributed by atoms with Gasteiger partial charge in [0.2, 0.25) is 5.91 Å². The minimum atomic E-state index is 0.110. The van der Waals surface area contributed by atoms with Gasteiger partial charge in [-0.15, -0.1) is 11.3 Å². The number of hydrogen-bond donors (Lipinski definition) is 2. The molecule has 96 valence electrons. The first kappa shape index (κ1) is 13.1. The fraction of sp³-hybridized carbons (Fsp3) is 0.462. The summed E-state index contributed by atoms with van der Waals surface area (Å²) in [5.74, 6) is 6.06. The van der Waals surface area contributed by atoms with Gasteiger partial charge >= 0.3 is 0 Å². The first-order chi connectivity index (χ1) is 8.79. The van der Waals surface area contributed by atoms with E-state index in [1.807, 2.05) is 11.4 Å². The number of carbonyl (C=O) groups excluding carboxylic acids is 1. The average molecular weight is 263 g/mol. The number of rotatable bonds is 2. The second-order valence-electron chi connectivity index (χ2n) is 4.18. The van der Waals surface area contributed by atoms with E-state index in [1.54, 1.807) is 11.3 Å². The van der Waals surface area contributed by atoms with Crippen molar-refractivity contribution in [2.75, 3.05) is 26.2 Å². The van der Waals surface area contributed by atoms with Gasteiger partial charge in [-0.3, -0.25) is 9.69 Å². The number of thiophene rings is 1. The van der Waals surface area contributed by atoms with Crippen LogP contribution < -0.4 is 11.1 Å². The van der Waals surface area contributed by atoms with Crippen LogP contribution >= 0.6 is 11.3 Å². The summed E-state index contributed by atoms with van der Waals surface area (Å²) in [6.07, 6.45) is 1.00. The van der Waals surface area contributed by atoms with Crippen molar-refractivity contribution in [1.82, 2.24) is 10.2 Å². The number of nitrogens with one attached hydrogen (secondary N) is 1. The molecule has 0 spiro atoms. The van der Waals surface area contributed by atoms with Gasteiger partial charge in [0.25, 0.3) is 0 Å². The number of hydrogen-bond acceptors (Lipinski definition) is 4. The maximum Gasteiger partial charge on any atom is 0.234 e. The zero-order chi connectivity index (χ0) is 12.8. The average Bonchev–Trinajstić information content (AvgIpc) is 2.68. The number of nitrogens with two attached hydrogens (primary N) is 1. The van der Waals surface area contributed by atoms with Crippen molar-refractivity contribution < 1.29 is 4.79 Å². The number of amides is 1. The molecule has 1 aromatic rings. The minimum absolute atomic E-state index is 0.110. The summed E-state index contributed by atoms with van der Waals surface area (Å²) < 4.78 is 0. The molecule has 0 bridgehead atoms. The second kappa shape index (κ2) is 6.55. The SMILES string of the molecule is NCC#Cc1ccsc1CN1CCCNC(=O)C1. The van der Waals surface area contributed by atoms with Crippen LogP contribution in [0, 0.1) is 11.8 Å². The number of nitrogens with zero attached hydrogens (tertiary/aromatic N) is 1. The van der Waals surface area contributed by atoms with Crippen molar-refractivity contribution in [3.05, 3.63) is 21.9 Å². The summed E-state index contributed by atoms with van der Waals surface area (Å²) in [5, 5.41) is 4.92. The van der Waals surface area contributed by atoms with E-state index in [9.17, 15) is 4.79 Å². The van der Waals surface area contributed by atoms with Crippen LogP contribution in [-0.2, 0) is 11.3 Å². The summed E-state index contributed by atoms with van der Waals surface area (Å²) in [7, 11) is 0. The van der Waals surface area contributed by atoms with Gasteiger partial charge in [-0.2, -0.15) is 0 Å². The Kier molecular flexibility index (Phi) is 4.76. The predicted molar refractivity (Wildman–Crippen MR) is 73.2 cm³/mol. The molecule has 0 aliphatic carbocycles. The van der Waals surface area contributed by atoms with Crippen molar-refractivity contribution in [2.45, 2.75) is 13.0 Å². The highest BCUT2D eigenvalue weighted by Crippen LogP contribution is 2.18. The fourth-order valence-electron chi connectivity index (χ4n) is 1.93. The Morgan fingerprint density at radius 3 is 3.28 bits per heavy atom. The second-order valence-corrected chi connectivity index (χ2v) is 5.18. The molecule has 0 unspecified atom stereocenters. The van der Waals surface area contributed by atoms with Gasteiger partial charge in [-0.05, 0) is 17.9 Å². The molecule has 1 fully saturated rings. The number of carbonyl (C=O) groups is 1. The highest BCUT2D eigenvalue weighted by molar-refractivity contribution is 7.10. The molecule has 1 aliphatic heterocycles. The lowest BCUT2D eigenvalue weighted by Crippen LogP contribution is -2.32. The summed E-state index contributed by atoms with van der Waals surface area (Å²) in [5.41, 5.74) is 6.42. The third kappa shape index (κ3) is 3.57. The third-order valence-corrected chi connectivity index (χ3v) is 3.68. The molecule has 3 N–H and O–H groups in total. The van der Waals surface area contributed by atoms with E-state index in [2.05, 4.69) is 22.1 Å². The van der Waals surface area contributed by atoms with Crippen molar-refractivity contribution in [3.63, 3.8) is 0 Å². The molecular weight excluding hydrogens is 246 g/mol. The Hall–Kier alpha value is -1.35. The van der Waals surface area contributed by atoms with Crippen LogP contribution in [0.15, 0.2) is 11.4 Å². The Labute approximate surface area is 111 Å². The quantitative estimate of drug-likeness (QED) is 0.759. The van der Waals surface area contributed by atoms with Gasteiger partial charge in [0.05, 0.1) is 13.1 Å². The summed E-state index contributed by atoms with van der Waals surface area (Å²) >= 11 is 1.68. The summed E-state index contributed by atoms with van der Waals surface area (Å²) in [6.45, 7) is 3.36. The summed E-state index contributed by atoms with van der Waals surface area (Å²) in [6, 6.07) is 2.01. The van der Waals surface area contributed by atoms with E-state index in [-0.39, 0.29) is 5.91 Å². The molecule has 5 heteroatoms. The van der Waals surface area contributed by atoms with E-state index in [0.717, 1.165) is 31.6 Å². The van der Waals surface area contributed by atoms with E-state index >= 15 is 0 Å². The van der Waals surface area contributed by atoms with E-state index in [1.165, 1.54) is 4.88 Å². The molecule has 0 atom stereocenters. The monoisotopic (exact) mass is 263 g/mol. The lowest BCUT2D eigenvalue weighted by atomic mass is 10.2. The van der Waals surface area contributed by atoms with Crippen molar-refractivity contribution in [1.29, 1.82) is 0 Å². The van der Waals surface area contributed by atoms with E-state index in [0.29, 0.717) is 13.1 Å². The van der Waals surface area contributed by atoms with Crippen LogP contribution in [0.5, 0.6) is 0 Å². The van der Waals surface area contributed by atoms with Gasteiger partial charge in [0.15, 0.2) is 0 Å². The van der Waals surface area contributed by atoms with Crippen molar-refractivity contribution in [2.24, 2.45) is 5.73 Å². The van der Waals surface area contributed by atoms with Gasteiger partial charge in [0, 0.05) is 30.1 Å². The van der Waals surface area contributed by atoms with Gasteiger partial charge in [-0.25, -0.2) is 0 Å². The Morgan fingerprint density at radius 1 is 1.56 bits per heavy atom. The lowest BCUT2D eigenvalue weighted by Gasteiger charge is -2.17. The molecular formula is C13H17N3OS. The van der Waals surface area contributed by atoms with Crippen LogP contribution in [0.3, 0.4) is 0 Å². The highest BCUT2D eigenvalue weighted by Gasteiger charge is 2.16. The maximum atomic E-state index is 11.5. The third-order valence-electron chi connectivity index (χ3n) is 2.78. The minimum Gasteiger partial charge on any atom is -0.355 e. The van der Waals surface area contributed by atoms with E-state index < -0.39 is 0 Å². The summed E-state index contributed by atoms with van der Waals surface area (Å²) in [4.78, 5) is 14.9. The molecule has 1 aromatic heterocycles. The first-order valence-corrected chi connectivity index (χ1v) is 6.92. The molecule has 4 nitrogen and oxygen atoms in total. The van der Waals surface area contributed by atoms with E-state index in [4.69, 9.17) is 5.73 Å². The molecule has 1 saturated heterocycles. The fourth-order valence-corrected chi connectivity index (χ4v) is 2.80. The Bertz CT molecular complexity index is 472. The topological polar surface area (TPSA) is 58.4 Å². The molecule has 0 aromatic carbocycles. The largest absolute Gasteiger partial charge is 0.355 e. The Morgan fingerprint density at radius 2 is 2.44 bits per heavy atom. The van der Waals surface area contributed by atoms with Crippen LogP contribution in [0.25, 0.3) is 0 Å². The predicted octanol–water partition coefficient (Wildman–Crippen LogP) is 0.380. The highest BCUT2D eigenvalue weighted by atomic mass is 32.1. The molecule has 1 aliphatic rings. The zero-order valence-electron chi connectivity index (χ0n) is 10.2. The molecule has 1 amide bonds. The smallest absolute Gasteiger partial charge is 0.234 e. The standard InChI is InChI=1S/C13H17N3OS/c14-5-1-3-11-4-8-18-12(11)9-16-7-2-6-15-13(17)10-16/h4,8H,2,5-7,9-10,14H2,(H,15,17).